The van der Waals surface area contributed by atoms with Gasteiger partial charge >= 0.3 is 0 Å². The van der Waals surface area contributed by atoms with Gasteiger partial charge in [-0.05, 0) is 50.2 Å². The second-order valence-corrected chi connectivity index (χ2v) is 7.94. The van der Waals surface area contributed by atoms with Gasteiger partial charge in [-0.25, -0.2) is 0 Å². The van der Waals surface area contributed by atoms with E-state index in [1.54, 1.807) is 0 Å². The van der Waals surface area contributed by atoms with Gasteiger partial charge in [0.05, 0.1) is 5.60 Å². The third-order valence-corrected chi connectivity index (χ3v) is 6.84. The van der Waals surface area contributed by atoms with Crippen LogP contribution in [0, 0.1) is 5.92 Å². The lowest BCUT2D eigenvalue weighted by atomic mass is 9.79. The van der Waals surface area contributed by atoms with Crippen LogP contribution in [0.1, 0.15) is 57.8 Å². The fourth-order valence-electron chi connectivity index (χ4n) is 4.34. The third-order valence-electron chi connectivity index (χ3n) is 5.36. The molecular weight excluding hydrogens is 256 g/mol. The minimum absolute atomic E-state index is 0.220. The molecule has 0 bridgehead atoms. The van der Waals surface area contributed by atoms with E-state index >= 15 is 0 Å². The predicted octanol–water partition coefficient (Wildman–Crippen LogP) is 2.84. The minimum Gasteiger partial charge on any atom is -0.375 e. The van der Waals surface area contributed by atoms with Crippen molar-refractivity contribution >= 4 is 11.8 Å². The molecule has 0 aromatic carbocycles. The van der Waals surface area contributed by atoms with Crippen molar-refractivity contribution in [1.29, 1.82) is 0 Å². The second kappa shape index (κ2) is 6.33. The zero-order valence-electron chi connectivity index (χ0n) is 11.9. The van der Waals surface area contributed by atoms with Crippen LogP contribution in [0.5, 0.6) is 0 Å². The largest absolute Gasteiger partial charge is 0.375 e. The highest BCUT2D eigenvalue weighted by Gasteiger charge is 2.43. The Morgan fingerprint density at radius 1 is 1.16 bits per heavy atom. The molecule has 0 amide bonds. The minimum atomic E-state index is 0.220. The Kier molecular flexibility index (Phi) is 4.73. The summed E-state index contributed by atoms with van der Waals surface area (Å²) in [6, 6.07) is 0.492. The van der Waals surface area contributed by atoms with E-state index in [4.69, 9.17) is 10.6 Å². The van der Waals surface area contributed by atoms with E-state index in [0.29, 0.717) is 12.0 Å². The molecule has 3 aliphatic rings. The van der Waals surface area contributed by atoms with Crippen molar-refractivity contribution in [3.05, 3.63) is 0 Å². The van der Waals surface area contributed by atoms with Gasteiger partial charge < -0.3 is 4.74 Å². The third kappa shape index (κ3) is 3.12. The zero-order chi connectivity index (χ0) is 13.1. The number of hydrazine groups is 1. The average Bonchev–Trinajstić information content (AvgIpc) is 2.89. The highest BCUT2D eigenvalue weighted by molar-refractivity contribution is 8.00. The molecule has 0 aromatic heterocycles. The Balaban J connectivity index is 1.64. The van der Waals surface area contributed by atoms with Crippen LogP contribution in [-0.2, 0) is 4.74 Å². The normalized spacial score (nSPS) is 36.5. The number of ether oxygens (including phenoxy) is 1. The van der Waals surface area contributed by atoms with Crippen LogP contribution in [0.3, 0.4) is 0 Å². The fourth-order valence-corrected chi connectivity index (χ4v) is 5.85. The van der Waals surface area contributed by atoms with Crippen molar-refractivity contribution in [3.8, 4) is 0 Å². The van der Waals surface area contributed by atoms with Gasteiger partial charge in [-0.3, -0.25) is 11.3 Å². The van der Waals surface area contributed by atoms with Crippen molar-refractivity contribution in [3.63, 3.8) is 0 Å². The molecule has 110 valence electrons. The number of nitrogens with one attached hydrogen (secondary N) is 1. The molecule has 3 atom stereocenters. The molecule has 2 heterocycles. The quantitative estimate of drug-likeness (QED) is 0.618. The van der Waals surface area contributed by atoms with Crippen LogP contribution < -0.4 is 11.3 Å². The predicted molar refractivity (Wildman–Crippen MR) is 81.1 cm³/mol. The van der Waals surface area contributed by atoms with E-state index in [9.17, 15) is 0 Å². The summed E-state index contributed by atoms with van der Waals surface area (Å²) in [5, 5.41) is 0.723. The first kappa shape index (κ1) is 14.2. The Bertz CT molecular complexity index is 288. The smallest absolute Gasteiger partial charge is 0.0685 e. The first-order valence-corrected chi connectivity index (χ1v) is 9.10. The summed E-state index contributed by atoms with van der Waals surface area (Å²) < 4.78 is 6.16. The molecule has 19 heavy (non-hydrogen) atoms. The number of nitrogens with two attached hydrogens (primary N) is 1. The topological polar surface area (TPSA) is 47.3 Å². The van der Waals surface area contributed by atoms with Crippen LogP contribution in [0.25, 0.3) is 0 Å². The maximum absolute atomic E-state index is 6.16. The Labute approximate surface area is 121 Å². The maximum atomic E-state index is 6.16. The Hall–Kier alpha value is 0.230. The lowest BCUT2D eigenvalue weighted by Gasteiger charge is -2.43. The first-order chi connectivity index (χ1) is 9.33. The van der Waals surface area contributed by atoms with Gasteiger partial charge in [-0.2, -0.15) is 11.8 Å². The molecule has 4 heteroatoms. The number of rotatable bonds is 3. The van der Waals surface area contributed by atoms with Crippen LogP contribution in [0.4, 0.5) is 0 Å². The fraction of sp³-hybridized carbons (Fsp3) is 1.00. The standard InChI is InChI=1S/C15H28N2OS/c16-17-14(13-5-1-4-10-19-13)12-6-9-18-15(11-12)7-2-3-8-15/h12-14,17H,1-11,16H2. The highest BCUT2D eigenvalue weighted by atomic mass is 32.2. The van der Waals surface area contributed by atoms with Crippen molar-refractivity contribution < 1.29 is 4.74 Å². The van der Waals surface area contributed by atoms with Crippen molar-refractivity contribution in [2.24, 2.45) is 11.8 Å². The van der Waals surface area contributed by atoms with Gasteiger partial charge in [-0.15, -0.1) is 0 Å². The van der Waals surface area contributed by atoms with Crippen LogP contribution in [-0.4, -0.2) is 29.3 Å². The average molecular weight is 284 g/mol. The second-order valence-electron chi connectivity index (χ2n) is 6.59. The van der Waals surface area contributed by atoms with E-state index in [-0.39, 0.29) is 5.60 Å². The highest BCUT2D eigenvalue weighted by Crippen LogP contribution is 2.44. The molecule has 2 saturated heterocycles. The molecule has 0 radical (unpaired) electrons. The number of thioether (sulfide) groups is 1. The lowest BCUT2D eigenvalue weighted by Crippen LogP contribution is -2.52. The summed E-state index contributed by atoms with van der Waals surface area (Å²) in [7, 11) is 0. The molecule has 1 saturated carbocycles. The molecule has 2 aliphatic heterocycles. The van der Waals surface area contributed by atoms with Gasteiger partial charge in [0.2, 0.25) is 0 Å². The molecule has 1 aliphatic carbocycles. The van der Waals surface area contributed by atoms with Crippen molar-refractivity contribution in [1.82, 2.24) is 5.43 Å². The van der Waals surface area contributed by atoms with E-state index in [0.717, 1.165) is 11.9 Å². The summed E-state index contributed by atoms with van der Waals surface area (Å²) in [4.78, 5) is 0. The molecule has 3 unspecified atom stereocenters. The first-order valence-electron chi connectivity index (χ1n) is 8.05. The molecule has 3 N–H and O–H groups in total. The van der Waals surface area contributed by atoms with E-state index < -0.39 is 0 Å². The van der Waals surface area contributed by atoms with Gasteiger partial charge in [0.15, 0.2) is 0 Å². The van der Waals surface area contributed by atoms with Gasteiger partial charge in [0, 0.05) is 17.9 Å². The maximum Gasteiger partial charge on any atom is 0.0685 e. The molecule has 1 spiro atoms. The SMILES string of the molecule is NNC(C1CCOC2(CCCC2)C1)C1CCCCS1. The van der Waals surface area contributed by atoms with Gasteiger partial charge in [0.25, 0.3) is 0 Å². The monoisotopic (exact) mass is 284 g/mol. The summed E-state index contributed by atoms with van der Waals surface area (Å²) >= 11 is 2.14. The van der Waals surface area contributed by atoms with Crippen LogP contribution >= 0.6 is 11.8 Å². The van der Waals surface area contributed by atoms with E-state index in [2.05, 4.69) is 17.2 Å². The van der Waals surface area contributed by atoms with Gasteiger partial charge in [0.1, 0.15) is 0 Å². The lowest BCUT2D eigenvalue weighted by molar-refractivity contribution is -0.0980. The molecular formula is C15H28N2OS. The van der Waals surface area contributed by atoms with E-state index in [1.165, 1.54) is 63.5 Å². The van der Waals surface area contributed by atoms with Crippen molar-refractivity contribution in [2.75, 3.05) is 12.4 Å². The zero-order valence-corrected chi connectivity index (χ0v) is 12.7. The van der Waals surface area contributed by atoms with Crippen molar-refractivity contribution in [2.45, 2.75) is 74.7 Å². The van der Waals surface area contributed by atoms with E-state index in [1.807, 2.05) is 0 Å². The summed E-state index contributed by atoms with van der Waals surface area (Å²) in [5.74, 6) is 7.95. The molecule has 3 rings (SSSR count). The Morgan fingerprint density at radius 3 is 2.68 bits per heavy atom. The molecule has 0 aromatic rings. The van der Waals surface area contributed by atoms with Crippen LogP contribution in [0.15, 0.2) is 0 Å². The molecule has 3 fully saturated rings. The van der Waals surface area contributed by atoms with Gasteiger partial charge in [-0.1, -0.05) is 19.3 Å². The van der Waals surface area contributed by atoms with Crippen LogP contribution in [0.2, 0.25) is 0 Å². The number of hydrogen-bond donors (Lipinski definition) is 2. The molecule has 3 nitrogen and oxygen atoms in total. The summed E-state index contributed by atoms with van der Waals surface area (Å²) in [6.45, 7) is 0.945. The summed E-state index contributed by atoms with van der Waals surface area (Å²) in [5.41, 5.74) is 3.39. The Morgan fingerprint density at radius 2 is 2.00 bits per heavy atom. The summed E-state index contributed by atoms with van der Waals surface area (Å²) in [6.07, 6.45) is 11.8. The number of hydrogen-bond acceptors (Lipinski definition) is 4.